The Morgan fingerprint density at radius 2 is 1.28 bits per heavy atom. The lowest BCUT2D eigenvalue weighted by atomic mass is 10.1. The molecule has 0 radical (unpaired) electrons. The van der Waals surface area contributed by atoms with Gasteiger partial charge in [0.15, 0.2) is 0 Å². The third kappa shape index (κ3) is 2.38. The van der Waals surface area contributed by atoms with Crippen molar-refractivity contribution in [3.63, 3.8) is 0 Å². The van der Waals surface area contributed by atoms with Gasteiger partial charge in [-0.2, -0.15) is 0 Å². The van der Waals surface area contributed by atoms with E-state index in [1.165, 1.54) is 30.4 Å². The summed E-state index contributed by atoms with van der Waals surface area (Å²) in [5, 5.41) is 0. The van der Waals surface area contributed by atoms with E-state index >= 15 is 0 Å². The summed E-state index contributed by atoms with van der Waals surface area (Å²) in [6, 6.07) is 17.2. The highest BCUT2D eigenvalue weighted by Gasteiger charge is 2.07. The molecule has 90 valence electrons. The van der Waals surface area contributed by atoms with Gasteiger partial charge < -0.3 is 0 Å². The van der Waals surface area contributed by atoms with E-state index in [0.29, 0.717) is 0 Å². The molecule has 0 spiro atoms. The molecule has 2 aromatic rings. The van der Waals surface area contributed by atoms with Gasteiger partial charge in [0.2, 0.25) is 0 Å². The van der Waals surface area contributed by atoms with Gasteiger partial charge in [-0.3, -0.25) is 0 Å². The van der Waals surface area contributed by atoms with Gasteiger partial charge in [0, 0.05) is 0 Å². The molecule has 2 aliphatic rings. The van der Waals surface area contributed by atoms with E-state index < -0.39 is 0 Å². The zero-order valence-electron chi connectivity index (χ0n) is 10.6. The molecule has 0 bridgehead atoms. The lowest BCUT2D eigenvalue weighted by Gasteiger charge is -1.93. The molecule has 0 amide bonds. The zero-order chi connectivity index (χ0) is 12.2. The van der Waals surface area contributed by atoms with Gasteiger partial charge in [-0.05, 0) is 47.9 Å². The normalized spacial score (nSPS) is 14.7. The number of benzene rings is 2. The van der Waals surface area contributed by atoms with Crippen molar-refractivity contribution in [2.24, 2.45) is 0 Å². The molecule has 2 aromatic carbocycles. The first kappa shape index (κ1) is 11.3. The van der Waals surface area contributed by atoms with Crippen molar-refractivity contribution in [1.82, 2.24) is 0 Å². The Hall–Kier alpha value is -1.82. The molecule has 0 heteroatoms. The molecule has 0 heterocycles. The summed E-state index contributed by atoms with van der Waals surface area (Å²) in [7, 11) is 0. The molecular weight excluding hydrogens is 216 g/mol. The van der Waals surface area contributed by atoms with E-state index in [-0.39, 0.29) is 0 Å². The first-order valence-electron chi connectivity index (χ1n) is 6.75. The first-order valence-corrected chi connectivity index (χ1v) is 6.75. The second kappa shape index (κ2) is 5.22. The molecule has 0 nitrogen and oxygen atoms in total. The summed E-state index contributed by atoms with van der Waals surface area (Å²) in [5.41, 5.74) is 5.98. The summed E-state index contributed by atoms with van der Waals surface area (Å²) in [5.74, 6) is 0. The minimum Gasteiger partial charge on any atom is -0.0795 e. The van der Waals surface area contributed by atoms with Gasteiger partial charge in [0.05, 0.1) is 0 Å². The highest BCUT2D eigenvalue weighted by molar-refractivity contribution is 5.59. The monoisotopic (exact) mass is 234 g/mol. The third-order valence-electron chi connectivity index (χ3n) is 3.70. The standard InChI is InChI=1S/C9H10.C9H8/c2*1-2-5-9-7-3-6-8(9)4-1/h1-2,4-5H,3,6-7H2;1-6H,7H2. The number of hydrogen-bond acceptors (Lipinski definition) is 0. The Balaban J connectivity index is 0.000000111. The number of aryl methyl sites for hydroxylation is 2. The zero-order valence-corrected chi connectivity index (χ0v) is 10.6. The molecule has 2 aliphatic carbocycles. The maximum Gasteiger partial charge on any atom is -0.00882 e. The molecule has 0 atom stereocenters. The fraction of sp³-hybridized carbons (Fsp3) is 0.222. The van der Waals surface area contributed by atoms with Crippen molar-refractivity contribution < 1.29 is 0 Å². The van der Waals surface area contributed by atoms with Crippen LogP contribution >= 0.6 is 0 Å². The van der Waals surface area contributed by atoms with Crippen LogP contribution in [0.2, 0.25) is 0 Å². The molecule has 0 saturated carbocycles. The fourth-order valence-corrected chi connectivity index (χ4v) is 2.71. The summed E-state index contributed by atoms with van der Waals surface area (Å²) >= 11 is 0. The van der Waals surface area contributed by atoms with Crippen molar-refractivity contribution >= 4 is 6.08 Å². The van der Waals surface area contributed by atoms with Gasteiger partial charge in [-0.15, -0.1) is 0 Å². The SMILES string of the molecule is C1=Cc2ccccc2C1.c1ccc2c(c1)CCC2. The lowest BCUT2D eigenvalue weighted by Crippen LogP contribution is -1.77. The average molecular weight is 234 g/mol. The summed E-state index contributed by atoms with van der Waals surface area (Å²) in [6.07, 6.45) is 9.46. The quantitative estimate of drug-likeness (QED) is 0.632. The van der Waals surface area contributed by atoms with Crippen LogP contribution in [-0.2, 0) is 19.3 Å². The molecule has 4 rings (SSSR count). The predicted molar refractivity (Wildman–Crippen MR) is 77.6 cm³/mol. The lowest BCUT2D eigenvalue weighted by molar-refractivity contribution is 0.912. The van der Waals surface area contributed by atoms with Crippen LogP contribution in [0.3, 0.4) is 0 Å². The van der Waals surface area contributed by atoms with Crippen LogP contribution in [-0.4, -0.2) is 0 Å². The third-order valence-corrected chi connectivity index (χ3v) is 3.70. The topological polar surface area (TPSA) is 0 Å². The van der Waals surface area contributed by atoms with Gasteiger partial charge in [-0.25, -0.2) is 0 Å². The van der Waals surface area contributed by atoms with Crippen molar-refractivity contribution in [2.45, 2.75) is 25.7 Å². The van der Waals surface area contributed by atoms with E-state index in [1.54, 1.807) is 11.1 Å². The Kier molecular flexibility index (Phi) is 3.27. The predicted octanol–water partition coefficient (Wildman–Crippen LogP) is 4.43. The fourth-order valence-electron chi connectivity index (χ4n) is 2.71. The molecule has 18 heavy (non-hydrogen) atoms. The van der Waals surface area contributed by atoms with E-state index in [9.17, 15) is 0 Å². The van der Waals surface area contributed by atoms with Crippen molar-refractivity contribution in [3.8, 4) is 0 Å². The Morgan fingerprint density at radius 1 is 0.667 bits per heavy atom. The van der Waals surface area contributed by atoms with Crippen LogP contribution < -0.4 is 0 Å². The van der Waals surface area contributed by atoms with Gasteiger partial charge in [0.1, 0.15) is 0 Å². The van der Waals surface area contributed by atoms with E-state index in [4.69, 9.17) is 0 Å². The van der Waals surface area contributed by atoms with Crippen LogP contribution in [0.4, 0.5) is 0 Å². The minimum absolute atomic E-state index is 1.12. The van der Waals surface area contributed by atoms with Crippen LogP contribution in [0, 0.1) is 0 Å². The van der Waals surface area contributed by atoms with Gasteiger partial charge in [0.25, 0.3) is 0 Å². The highest BCUT2D eigenvalue weighted by Crippen LogP contribution is 2.20. The Bertz CT molecular complexity index is 532. The Morgan fingerprint density at radius 3 is 1.94 bits per heavy atom. The van der Waals surface area contributed by atoms with Crippen molar-refractivity contribution in [3.05, 3.63) is 76.9 Å². The molecule has 0 fully saturated rings. The van der Waals surface area contributed by atoms with Gasteiger partial charge >= 0.3 is 0 Å². The summed E-state index contributed by atoms with van der Waals surface area (Å²) < 4.78 is 0. The van der Waals surface area contributed by atoms with Crippen molar-refractivity contribution in [1.29, 1.82) is 0 Å². The average Bonchev–Trinajstić information content (AvgIpc) is 3.08. The van der Waals surface area contributed by atoms with E-state index in [2.05, 4.69) is 60.7 Å². The largest absolute Gasteiger partial charge is 0.0795 e. The van der Waals surface area contributed by atoms with Crippen LogP contribution in [0.1, 0.15) is 28.7 Å². The molecule has 0 aliphatic heterocycles. The van der Waals surface area contributed by atoms with E-state index in [1.807, 2.05) is 0 Å². The second-order valence-corrected chi connectivity index (χ2v) is 4.93. The van der Waals surface area contributed by atoms with Crippen LogP contribution in [0.25, 0.3) is 6.08 Å². The second-order valence-electron chi connectivity index (χ2n) is 4.93. The van der Waals surface area contributed by atoms with Crippen LogP contribution in [0.15, 0.2) is 54.6 Å². The van der Waals surface area contributed by atoms with E-state index in [0.717, 1.165) is 6.42 Å². The number of allylic oxidation sites excluding steroid dienone is 1. The minimum atomic E-state index is 1.12. The maximum absolute atomic E-state index is 2.24. The van der Waals surface area contributed by atoms with Gasteiger partial charge in [-0.1, -0.05) is 60.7 Å². The number of fused-ring (bicyclic) bond motifs is 2. The maximum atomic E-state index is 2.24. The summed E-state index contributed by atoms with van der Waals surface area (Å²) in [4.78, 5) is 0. The van der Waals surface area contributed by atoms with Crippen LogP contribution in [0.5, 0.6) is 0 Å². The summed E-state index contributed by atoms with van der Waals surface area (Å²) in [6.45, 7) is 0. The smallest absolute Gasteiger partial charge is 0.00882 e. The number of rotatable bonds is 0. The molecule has 0 unspecified atom stereocenters. The number of hydrogen-bond donors (Lipinski definition) is 0. The molecule has 0 saturated heterocycles. The highest BCUT2D eigenvalue weighted by atomic mass is 14.1. The molecule has 0 N–H and O–H groups in total. The molecular formula is C18H18. The first-order chi connectivity index (χ1) is 8.93. The Labute approximate surface area is 109 Å². The van der Waals surface area contributed by atoms with Crippen molar-refractivity contribution in [2.75, 3.05) is 0 Å². The molecule has 0 aromatic heterocycles.